The Bertz CT molecular complexity index is 1180. The summed E-state index contributed by atoms with van der Waals surface area (Å²) in [5, 5.41) is 11.6. The van der Waals surface area contributed by atoms with E-state index in [4.69, 9.17) is 14.2 Å². The third-order valence-electron chi connectivity index (χ3n) is 9.93. The number of hydrogen-bond donors (Lipinski definition) is 0. The molecule has 2 unspecified atom stereocenters. The second-order valence-electron chi connectivity index (χ2n) is 16.3. The number of carboxylic acids is 1. The number of nitrogens with zero attached hydrogens (tertiary/aromatic N) is 1. The van der Waals surface area contributed by atoms with Gasteiger partial charge in [-0.2, -0.15) is 0 Å². The summed E-state index contributed by atoms with van der Waals surface area (Å²) in [6.07, 6.45) is 50.8. The van der Waals surface area contributed by atoms with E-state index in [2.05, 4.69) is 50.3 Å². The van der Waals surface area contributed by atoms with Crippen LogP contribution in [0.1, 0.15) is 174 Å². The minimum Gasteiger partial charge on any atom is -0.544 e. The van der Waals surface area contributed by atoms with Crippen molar-refractivity contribution >= 4 is 17.9 Å². The number of carbonyl (C=O) groups excluding carboxylic acids is 3. The van der Waals surface area contributed by atoms with Gasteiger partial charge in [-0.1, -0.05) is 170 Å². The molecule has 0 saturated heterocycles. The second kappa shape index (κ2) is 40.5. The van der Waals surface area contributed by atoms with Crippen LogP contribution in [0.4, 0.5) is 0 Å². The summed E-state index contributed by atoms with van der Waals surface area (Å²) in [6.45, 7) is 4.37. The Kier molecular flexibility index (Phi) is 38.3. The highest BCUT2D eigenvalue weighted by Gasteiger charge is 2.25. The average molecular weight is 812 g/mol. The molecule has 8 heteroatoms. The van der Waals surface area contributed by atoms with Crippen LogP contribution in [0.2, 0.25) is 0 Å². The predicted molar refractivity (Wildman–Crippen MR) is 240 cm³/mol. The van der Waals surface area contributed by atoms with E-state index in [0.29, 0.717) is 12.8 Å². The number of esters is 2. The van der Waals surface area contributed by atoms with E-state index in [1.807, 2.05) is 36.5 Å². The number of carboxylic acid groups (broad SMARTS) is 1. The van der Waals surface area contributed by atoms with E-state index in [0.717, 1.165) is 57.8 Å². The molecular formula is C50H85NO7. The first-order valence-electron chi connectivity index (χ1n) is 23.0. The third-order valence-corrected chi connectivity index (χ3v) is 9.93. The van der Waals surface area contributed by atoms with Crippen LogP contribution in [0.15, 0.2) is 72.9 Å². The minimum atomic E-state index is -1.13. The Balaban J connectivity index is 4.28. The van der Waals surface area contributed by atoms with Crippen molar-refractivity contribution in [3.05, 3.63) is 72.9 Å². The van der Waals surface area contributed by atoms with Crippen molar-refractivity contribution in [2.75, 3.05) is 41.0 Å². The van der Waals surface area contributed by atoms with E-state index in [-0.39, 0.29) is 49.1 Å². The van der Waals surface area contributed by atoms with Gasteiger partial charge >= 0.3 is 11.9 Å². The van der Waals surface area contributed by atoms with Crippen LogP contribution in [-0.2, 0) is 28.6 Å². The Labute approximate surface area is 355 Å². The van der Waals surface area contributed by atoms with Crippen molar-refractivity contribution in [2.24, 2.45) is 0 Å². The highest BCUT2D eigenvalue weighted by Crippen LogP contribution is 2.15. The highest BCUT2D eigenvalue weighted by molar-refractivity contribution is 5.70. The van der Waals surface area contributed by atoms with Crippen molar-refractivity contribution in [3.63, 3.8) is 0 Å². The van der Waals surface area contributed by atoms with Crippen LogP contribution < -0.4 is 5.11 Å². The zero-order valence-corrected chi connectivity index (χ0v) is 37.7. The van der Waals surface area contributed by atoms with Crippen molar-refractivity contribution in [2.45, 2.75) is 187 Å². The highest BCUT2D eigenvalue weighted by atomic mass is 16.6. The quantitative estimate of drug-likeness (QED) is 0.0200. The van der Waals surface area contributed by atoms with Crippen LogP contribution in [0.25, 0.3) is 0 Å². The van der Waals surface area contributed by atoms with Crippen molar-refractivity contribution in [3.8, 4) is 0 Å². The van der Waals surface area contributed by atoms with Crippen LogP contribution >= 0.6 is 0 Å². The molecule has 0 amide bonds. The summed E-state index contributed by atoms with van der Waals surface area (Å²) < 4.78 is 17.1. The summed E-state index contributed by atoms with van der Waals surface area (Å²) in [4.78, 5) is 36.9. The van der Waals surface area contributed by atoms with Crippen LogP contribution in [0.5, 0.6) is 0 Å². The summed E-state index contributed by atoms with van der Waals surface area (Å²) in [6, 6.07) is -0.736. The van der Waals surface area contributed by atoms with Gasteiger partial charge in [0.1, 0.15) is 12.6 Å². The normalized spacial score (nSPS) is 13.6. The molecule has 0 spiro atoms. The molecule has 0 aliphatic rings. The second-order valence-corrected chi connectivity index (χ2v) is 16.3. The van der Waals surface area contributed by atoms with Gasteiger partial charge in [-0.05, 0) is 57.8 Å². The molecule has 0 radical (unpaired) electrons. The topological polar surface area (TPSA) is 102 Å². The monoisotopic (exact) mass is 812 g/mol. The fraction of sp³-hybridized carbons (Fsp3) is 0.700. The zero-order chi connectivity index (χ0) is 42.8. The molecule has 0 saturated carbocycles. The molecule has 0 rings (SSSR count). The van der Waals surface area contributed by atoms with Gasteiger partial charge in [0.25, 0.3) is 0 Å². The van der Waals surface area contributed by atoms with Crippen LogP contribution in [0, 0.1) is 0 Å². The molecule has 0 aromatic carbocycles. The molecule has 58 heavy (non-hydrogen) atoms. The molecule has 0 heterocycles. The Morgan fingerprint density at radius 3 is 1.55 bits per heavy atom. The van der Waals surface area contributed by atoms with Crippen LogP contribution in [0.3, 0.4) is 0 Å². The third kappa shape index (κ3) is 38.3. The number of allylic oxidation sites excluding steroid dienone is 12. The van der Waals surface area contributed by atoms with Gasteiger partial charge in [0.15, 0.2) is 6.10 Å². The first-order valence-corrected chi connectivity index (χ1v) is 23.0. The SMILES string of the molecule is CC/C=C/C=C/C=C/C=C/CCCCCC(=O)OC(COCCC(C(=O)[O-])[N+](C)(C)C)COC(=O)CCCCCCCCCCCCCCCC/C=C/C/C=C/CC. The van der Waals surface area contributed by atoms with Crippen LogP contribution in [-0.4, -0.2) is 75.5 Å². The van der Waals surface area contributed by atoms with E-state index < -0.39 is 18.1 Å². The maximum absolute atomic E-state index is 12.7. The maximum Gasteiger partial charge on any atom is 0.306 e. The zero-order valence-electron chi connectivity index (χ0n) is 37.7. The Morgan fingerprint density at radius 1 is 0.534 bits per heavy atom. The van der Waals surface area contributed by atoms with Crippen molar-refractivity contribution < 1.29 is 38.2 Å². The lowest BCUT2D eigenvalue weighted by molar-refractivity contribution is -0.889. The predicted octanol–water partition coefficient (Wildman–Crippen LogP) is 11.4. The van der Waals surface area contributed by atoms with E-state index in [1.165, 1.54) is 77.0 Å². The van der Waals surface area contributed by atoms with E-state index in [1.54, 1.807) is 21.1 Å². The lowest BCUT2D eigenvalue weighted by Crippen LogP contribution is -2.55. The fourth-order valence-corrected chi connectivity index (χ4v) is 6.41. The Hall–Kier alpha value is -3.23. The van der Waals surface area contributed by atoms with Gasteiger partial charge in [0, 0.05) is 19.3 Å². The number of quaternary nitrogens is 1. The number of ether oxygens (including phenoxy) is 3. The molecule has 2 atom stereocenters. The van der Waals surface area contributed by atoms with Gasteiger partial charge in [-0.15, -0.1) is 0 Å². The lowest BCUT2D eigenvalue weighted by Gasteiger charge is -2.34. The maximum atomic E-state index is 12.7. The van der Waals surface area contributed by atoms with Gasteiger partial charge in [0.05, 0.1) is 40.3 Å². The number of carbonyl (C=O) groups is 3. The summed E-state index contributed by atoms with van der Waals surface area (Å²) in [5.74, 6) is -1.79. The molecule has 0 aromatic rings. The number of likely N-dealkylation sites (N-methyl/N-ethyl adjacent to an activating group) is 1. The number of hydrogen-bond acceptors (Lipinski definition) is 7. The van der Waals surface area contributed by atoms with Gasteiger partial charge in [0.2, 0.25) is 0 Å². The Morgan fingerprint density at radius 2 is 1.00 bits per heavy atom. The first kappa shape index (κ1) is 54.8. The first-order chi connectivity index (χ1) is 28.1. The smallest absolute Gasteiger partial charge is 0.306 e. The molecule has 332 valence electrons. The van der Waals surface area contributed by atoms with Gasteiger partial charge in [-0.25, -0.2) is 0 Å². The molecule has 0 aromatic heterocycles. The molecule has 0 aliphatic carbocycles. The average Bonchev–Trinajstić information content (AvgIpc) is 3.18. The summed E-state index contributed by atoms with van der Waals surface area (Å²) in [7, 11) is 5.39. The van der Waals surface area contributed by atoms with E-state index in [9.17, 15) is 19.5 Å². The van der Waals surface area contributed by atoms with Gasteiger partial charge in [-0.3, -0.25) is 9.59 Å². The molecular weight excluding hydrogens is 727 g/mol. The molecule has 0 aliphatic heterocycles. The lowest BCUT2D eigenvalue weighted by atomic mass is 10.0. The summed E-state index contributed by atoms with van der Waals surface area (Å²) >= 11 is 0. The van der Waals surface area contributed by atoms with Crippen molar-refractivity contribution in [1.29, 1.82) is 0 Å². The number of aliphatic carboxylic acids is 1. The number of unbranched alkanes of at least 4 members (excludes halogenated alkanes) is 17. The van der Waals surface area contributed by atoms with Crippen molar-refractivity contribution in [1.82, 2.24) is 0 Å². The fourth-order valence-electron chi connectivity index (χ4n) is 6.41. The summed E-state index contributed by atoms with van der Waals surface area (Å²) in [5.41, 5.74) is 0. The molecule has 0 bridgehead atoms. The number of rotatable bonds is 40. The standard InChI is InChI=1S/C50H85NO7/c1-6-8-10-12-14-16-18-20-21-22-23-24-25-26-27-29-30-32-34-36-38-40-48(52)57-45-46(44-56-43-42-47(50(54)55)51(3,4)5)58-49(53)41-39-37-35-33-31-28-19-17-15-13-11-9-7-2/h8-11,13-17,19,28,31,46-47H,6-7,12,18,20-27,29-30,32-45H2,1-5H3/b10-8+,11-9+,15-13+,16-14+,19-17+,31-28+. The molecule has 0 N–H and O–H groups in total. The van der Waals surface area contributed by atoms with Gasteiger partial charge < -0.3 is 28.6 Å². The molecule has 0 fully saturated rings. The molecule has 8 nitrogen and oxygen atoms in total. The minimum absolute atomic E-state index is 0.0220. The van der Waals surface area contributed by atoms with E-state index >= 15 is 0 Å². The largest absolute Gasteiger partial charge is 0.544 e.